The second-order valence-corrected chi connectivity index (χ2v) is 8.54. The highest BCUT2D eigenvalue weighted by Crippen LogP contribution is 2.25. The van der Waals surface area contributed by atoms with Crippen molar-refractivity contribution in [3.63, 3.8) is 0 Å². The molecule has 7 nitrogen and oxygen atoms in total. The van der Waals surface area contributed by atoms with Crippen molar-refractivity contribution in [3.8, 4) is 0 Å². The van der Waals surface area contributed by atoms with Crippen LogP contribution in [-0.4, -0.2) is 42.3 Å². The third kappa shape index (κ3) is 4.16. The van der Waals surface area contributed by atoms with Crippen LogP contribution in [0.1, 0.15) is 12.8 Å². The van der Waals surface area contributed by atoms with Crippen LogP contribution < -0.4 is 10.5 Å². The van der Waals surface area contributed by atoms with Gasteiger partial charge in [0.1, 0.15) is 0 Å². The zero-order chi connectivity index (χ0) is 15.7. The number of sulfonamides is 1. The van der Waals surface area contributed by atoms with E-state index in [1.165, 1.54) is 12.1 Å². The molecule has 1 atom stereocenters. The van der Waals surface area contributed by atoms with Crippen molar-refractivity contribution in [2.24, 2.45) is 5.14 Å². The molecule has 1 aromatic carbocycles. The monoisotopic (exact) mass is 334 g/mol. The van der Waals surface area contributed by atoms with E-state index in [0.717, 1.165) is 25.2 Å². The molecule has 9 heteroatoms. The lowest BCUT2D eigenvalue weighted by Gasteiger charge is -2.15. The predicted octanol–water partition coefficient (Wildman–Crippen LogP) is 0.328. The Morgan fingerprint density at radius 3 is 2.57 bits per heavy atom. The first kappa shape index (κ1) is 16.2. The van der Waals surface area contributed by atoms with E-state index >= 15 is 0 Å². The number of ether oxygens (including phenoxy) is 1. The molecule has 1 aliphatic heterocycles. The van der Waals surface area contributed by atoms with Gasteiger partial charge < -0.3 is 10.1 Å². The van der Waals surface area contributed by atoms with E-state index in [9.17, 15) is 16.8 Å². The molecule has 1 saturated heterocycles. The van der Waals surface area contributed by atoms with E-state index < -0.39 is 19.9 Å². The van der Waals surface area contributed by atoms with Crippen molar-refractivity contribution >= 4 is 25.5 Å². The van der Waals surface area contributed by atoms with Gasteiger partial charge in [0, 0.05) is 19.4 Å². The summed E-state index contributed by atoms with van der Waals surface area (Å²) in [4.78, 5) is -0.322. The third-order valence-corrected chi connectivity index (χ3v) is 5.27. The molecular weight excluding hydrogens is 316 g/mol. The Morgan fingerprint density at radius 1 is 1.33 bits per heavy atom. The number of primary sulfonamides is 1. The van der Waals surface area contributed by atoms with Crippen LogP contribution in [0.2, 0.25) is 0 Å². The fourth-order valence-electron chi connectivity index (χ4n) is 2.16. The molecule has 2 rings (SSSR count). The summed E-state index contributed by atoms with van der Waals surface area (Å²) in [6.45, 7) is 1.17. The second-order valence-electron chi connectivity index (χ2n) is 4.99. The molecule has 0 saturated carbocycles. The molecule has 3 N–H and O–H groups in total. The van der Waals surface area contributed by atoms with Gasteiger partial charge in [0.15, 0.2) is 9.84 Å². The number of hydrogen-bond acceptors (Lipinski definition) is 6. The molecule has 0 amide bonds. The first-order valence-electron chi connectivity index (χ1n) is 6.40. The molecule has 1 aromatic rings. The lowest BCUT2D eigenvalue weighted by Crippen LogP contribution is -2.20. The normalized spacial score (nSPS) is 19.6. The number of nitrogens with one attached hydrogen (secondary N) is 1. The number of hydrogen-bond donors (Lipinski definition) is 2. The van der Waals surface area contributed by atoms with Crippen LogP contribution in [-0.2, 0) is 24.6 Å². The van der Waals surface area contributed by atoms with Gasteiger partial charge in [-0.2, -0.15) is 0 Å². The molecule has 0 aliphatic carbocycles. The molecule has 1 fully saturated rings. The minimum Gasteiger partial charge on any atom is -0.381 e. The minimum atomic E-state index is -3.95. The highest BCUT2D eigenvalue weighted by atomic mass is 32.2. The quantitative estimate of drug-likeness (QED) is 0.801. The van der Waals surface area contributed by atoms with Crippen LogP contribution in [0.4, 0.5) is 5.69 Å². The average molecular weight is 334 g/mol. The molecule has 118 valence electrons. The Bertz CT molecular complexity index is 722. The predicted molar refractivity (Wildman–Crippen MR) is 78.4 cm³/mol. The molecule has 0 bridgehead atoms. The summed E-state index contributed by atoms with van der Waals surface area (Å²) in [6.07, 6.45) is 2.95. The molecular formula is C12H18N2O5S2. The van der Waals surface area contributed by atoms with Crippen molar-refractivity contribution in [1.29, 1.82) is 0 Å². The van der Waals surface area contributed by atoms with Gasteiger partial charge in [0.05, 0.1) is 21.6 Å². The van der Waals surface area contributed by atoms with Gasteiger partial charge in [-0.15, -0.1) is 0 Å². The molecule has 1 aliphatic rings. The summed E-state index contributed by atoms with van der Waals surface area (Å²) in [5.41, 5.74) is 0.348. The molecule has 0 unspecified atom stereocenters. The molecule has 0 spiro atoms. The van der Waals surface area contributed by atoms with Gasteiger partial charge in [-0.25, -0.2) is 22.0 Å². The lowest BCUT2D eigenvalue weighted by molar-refractivity contribution is 0.120. The van der Waals surface area contributed by atoms with Gasteiger partial charge >= 0.3 is 0 Å². The molecule has 0 aromatic heterocycles. The van der Waals surface area contributed by atoms with Gasteiger partial charge in [0.25, 0.3) is 0 Å². The Balaban J connectivity index is 2.31. The van der Waals surface area contributed by atoms with Crippen LogP contribution in [0.5, 0.6) is 0 Å². The van der Waals surface area contributed by atoms with Crippen LogP contribution in [0.15, 0.2) is 28.0 Å². The van der Waals surface area contributed by atoms with Gasteiger partial charge in [0.2, 0.25) is 10.0 Å². The number of anilines is 1. The maximum absolute atomic E-state index is 11.8. The van der Waals surface area contributed by atoms with Gasteiger partial charge in [-0.1, -0.05) is 0 Å². The fraction of sp³-hybridized carbons (Fsp3) is 0.500. The van der Waals surface area contributed by atoms with Gasteiger partial charge in [-0.3, -0.25) is 0 Å². The second kappa shape index (κ2) is 5.91. The maximum atomic E-state index is 11.8. The van der Waals surface area contributed by atoms with Crippen LogP contribution >= 0.6 is 0 Å². The summed E-state index contributed by atoms with van der Waals surface area (Å²) in [5.74, 6) is 0. The van der Waals surface area contributed by atoms with Crippen LogP contribution in [0.25, 0.3) is 0 Å². The SMILES string of the molecule is CS(=O)(=O)c1cc(S(N)(=O)=O)ccc1NC[C@H]1CCCO1. The summed E-state index contributed by atoms with van der Waals surface area (Å²) in [5, 5.41) is 8.03. The lowest BCUT2D eigenvalue weighted by atomic mass is 10.2. The van der Waals surface area contributed by atoms with Crippen molar-refractivity contribution in [2.45, 2.75) is 28.7 Å². The summed E-state index contributed by atoms with van der Waals surface area (Å²) < 4.78 is 51.8. The number of sulfone groups is 1. The largest absolute Gasteiger partial charge is 0.381 e. The van der Waals surface area contributed by atoms with Crippen LogP contribution in [0, 0.1) is 0 Å². The van der Waals surface area contributed by atoms with Crippen molar-refractivity contribution in [2.75, 3.05) is 24.7 Å². The van der Waals surface area contributed by atoms with E-state index in [2.05, 4.69) is 5.32 Å². The third-order valence-electron chi connectivity index (χ3n) is 3.23. The maximum Gasteiger partial charge on any atom is 0.238 e. The zero-order valence-electron chi connectivity index (χ0n) is 11.6. The van der Waals surface area contributed by atoms with Crippen molar-refractivity contribution in [1.82, 2.24) is 0 Å². The summed E-state index contributed by atoms with van der Waals surface area (Å²) in [7, 11) is -7.54. The number of nitrogens with two attached hydrogens (primary N) is 1. The van der Waals surface area contributed by atoms with E-state index in [0.29, 0.717) is 18.8 Å². The number of rotatable bonds is 5. The standard InChI is InChI=1S/C12H18N2O5S2/c1-20(15,16)12-7-10(21(13,17)18)4-5-11(12)14-8-9-3-2-6-19-9/h4-5,7,9,14H,2-3,6,8H2,1H3,(H2,13,17,18)/t9-/m1/s1. The first-order valence-corrected chi connectivity index (χ1v) is 9.84. The van der Waals surface area contributed by atoms with Crippen LogP contribution in [0.3, 0.4) is 0 Å². The Hall–Kier alpha value is -1.16. The topological polar surface area (TPSA) is 116 Å². The van der Waals surface area contributed by atoms with E-state index in [1.54, 1.807) is 0 Å². The number of benzene rings is 1. The summed E-state index contributed by atoms with van der Waals surface area (Å²) >= 11 is 0. The first-order chi connectivity index (χ1) is 9.68. The average Bonchev–Trinajstić information content (AvgIpc) is 2.87. The van der Waals surface area contributed by atoms with E-state index in [-0.39, 0.29) is 15.9 Å². The Labute approximate surface area is 124 Å². The van der Waals surface area contributed by atoms with Gasteiger partial charge in [-0.05, 0) is 31.0 Å². The van der Waals surface area contributed by atoms with E-state index in [1.807, 2.05) is 0 Å². The smallest absolute Gasteiger partial charge is 0.238 e. The highest BCUT2D eigenvalue weighted by molar-refractivity contribution is 7.91. The molecule has 21 heavy (non-hydrogen) atoms. The highest BCUT2D eigenvalue weighted by Gasteiger charge is 2.20. The Kier molecular flexibility index (Phi) is 4.57. The fourth-order valence-corrected chi connectivity index (χ4v) is 3.66. The minimum absolute atomic E-state index is 0.0373. The molecule has 0 radical (unpaired) electrons. The summed E-state index contributed by atoms with van der Waals surface area (Å²) in [6, 6.07) is 3.76. The van der Waals surface area contributed by atoms with Crippen molar-refractivity contribution < 1.29 is 21.6 Å². The van der Waals surface area contributed by atoms with Crippen molar-refractivity contribution in [3.05, 3.63) is 18.2 Å². The molecule has 1 heterocycles. The Morgan fingerprint density at radius 2 is 2.05 bits per heavy atom. The van der Waals surface area contributed by atoms with E-state index in [4.69, 9.17) is 9.88 Å². The zero-order valence-corrected chi connectivity index (χ0v) is 13.2.